The van der Waals surface area contributed by atoms with E-state index in [1.54, 1.807) is 12.1 Å². The number of carbonyl (C=O) groups excluding carboxylic acids is 1. The van der Waals surface area contributed by atoms with Crippen molar-refractivity contribution in [3.05, 3.63) is 47.2 Å². The van der Waals surface area contributed by atoms with Crippen LogP contribution in [0.1, 0.15) is 23.2 Å². The molecule has 7 nitrogen and oxygen atoms in total. The Bertz CT molecular complexity index is 937. The number of pyridine rings is 1. The summed E-state index contributed by atoms with van der Waals surface area (Å²) in [6.07, 6.45) is -4.97. The molecule has 1 amide bonds. The summed E-state index contributed by atoms with van der Waals surface area (Å²) in [5.41, 5.74) is 5.42. The van der Waals surface area contributed by atoms with Crippen LogP contribution in [0.3, 0.4) is 0 Å². The summed E-state index contributed by atoms with van der Waals surface area (Å²) in [6.45, 7) is -0.133. The number of alkyl halides is 3. The van der Waals surface area contributed by atoms with Gasteiger partial charge in [-0.3, -0.25) is 9.59 Å². The van der Waals surface area contributed by atoms with Crippen LogP contribution in [-0.4, -0.2) is 22.0 Å². The molecule has 2 heterocycles. The summed E-state index contributed by atoms with van der Waals surface area (Å²) < 4.78 is 44.7. The molecule has 0 radical (unpaired) electrons. The average Bonchev–Trinajstić information content (AvgIpc) is 2.61. The Balaban J connectivity index is 0.00000300. The van der Waals surface area contributed by atoms with Crippen molar-refractivity contribution in [3.8, 4) is 11.6 Å². The number of hydrogen-bond acceptors (Lipinski definition) is 5. The van der Waals surface area contributed by atoms with Gasteiger partial charge in [-0.05, 0) is 30.2 Å². The molecular formula is C18H17ClF3N3O4. The number of nitrogens with one attached hydrogen (secondary N) is 1. The van der Waals surface area contributed by atoms with Crippen molar-refractivity contribution in [3.63, 3.8) is 0 Å². The first-order valence-electron chi connectivity index (χ1n) is 8.28. The molecule has 0 aliphatic carbocycles. The number of aromatic nitrogens is 1. The normalized spacial score (nSPS) is 15.7. The van der Waals surface area contributed by atoms with Crippen LogP contribution in [0.5, 0.6) is 11.6 Å². The van der Waals surface area contributed by atoms with Crippen molar-refractivity contribution in [2.45, 2.75) is 25.6 Å². The molecular weight excluding hydrogens is 415 g/mol. The predicted octanol–water partition coefficient (Wildman–Crippen LogP) is 3.36. The molecule has 156 valence electrons. The largest absolute Gasteiger partial charge is 0.481 e. The van der Waals surface area contributed by atoms with Gasteiger partial charge in [0.2, 0.25) is 11.8 Å². The lowest BCUT2D eigenvalue weighted by Gasteiger charge is -2.25. The number of aliphatic carboxylic acids is 1. The van der Waals surface area contributed by atoms with Gasteiger partial charge in [0, 0.05) is 23.9 Å². The molecule has 4 N–H and O–H groups in total. The third-order valence-corrected chi connectivity index (χ3v) is 4.24. The minimum atomic E-state index is -4.67. The fourth-order valence-electron chi connectivity index (χ4n) is 2.93. The van der Waals surface area contributed by atoms with Gasteiger partial charge in [0.25, 0.3) is 0 Å². The first-order chi connectivity index (χ1) is 13.2. The van der Waals surface area contributed by atoms with Gasteiger partial charge in [0.15, 0.2) is 0 Å². The molecule has 1 aliphatic rings. The van der Waals surface area contributed by atoms with Crippen LogP contribution in [0, 0.1) is 5.92 Å². The van der Waals surface area contributed by atoms with E-state index in [4.69, 9.17) is 15.6 Å². The number of fused-ring (bicyclic) bond motifs is 1. The van der Waals surface area contributed by atoms with E-state index in [1.165, 1.54) is 12.1 Å². The van der Waals surface area contributed by atoms with Crippen molar-refractivity contribution in [2.75, 3.05) is 5.32 Å². The fraction of sp³-hybridized carbons (Fsp3) is 0.278. The zero-order chi connectivity index (χ0) is 20.5. The SMILES string of the molecule is Cl.NCc1cc(Oc2cccc3c2CC(CC(=O)O)C(=O)N3)nc(C(F)(F)F)c1. The maximum atomic E-state index is 13.1. The number of carboxylic acid groups (broad SMARTS) is 1. The molecule has 0 saturated heterocycles. The van der Waals surface area contributed by atoms with Crippen molar-refractivity contribution in [2.24, 2.45) is 11.7 Å². The van der Waals surface area contributed by atoms with Gasteiger partial charge in [-0.2, -0.15) is 13.2 Å². The Morgan fingerprint density at radius 3 is 2.69 bits per heavy atom. The Morgan fingerprint density at radius 1 is 1.34 bits per heavy atom. The van der Waals surface area contributed by atoms with Crippen LogP contribution in [-0.2, 0) is 28.7 Å². The molecule has 11 heteroatoms. The van der Waals surface area contributed by atoms with Crippen molar-refractivity contribution < 1.29 is 32.6 Å². The van der Waals surface area contributed by atoms with Crippen LogP contribution < -0.4 is 15.8 Å². The molecule has 0 spiro atoms. The maximum absolute atomic E-state index is 13.1. The highest BCUT2D eigenvalue weighted by atomic mass is 35.5. The van der Waals surface area contributed by atoms with E-state index in [1.807, 2.05) is 0 Å². The van der Waals surface area contributed by atoms with Crippen molar-refractivity contribution >= 4 is 30.0 Å². The monoisotopic (exact) mass is 431 g/mol. The third-order valence-electron chi connectivity index (χ3n) is 4.24. The molecule has 0 saturated carbocycles. The first-order valence-corrected chi connectivity index (χ1v) is 8.28. The molecule has 0 fully saturated rings. The molecule has 3 rings (SSSR count). The van der Waals surface area contributed by atoms with E-state index in [2.05, 4.69) is 10.3 Å². The Morgan fingerprint density at radius 2 is 2.07 bits per heavy atom. The number of nitrogens with two attached hydrogens (primary N) is 1. The van der Waals surface area contributed by atoms with Crippen LogP contribution >= 0.6 is 12.4 Å². The molecule has 2 aromatic rings. The van der Waals surface area contributed by atoms with Crippen LogP contribution in [0.4, 0.5) is 18.9 Å². The molecule has 1 aliphatic heterocycles. The summed E-state index contributed by atoms with van der Waals surface area (Å²) in [4.78, 5) is 26.5. The van der Waals surface area contributed by atoms with E-state index < -0.39 is 29.7 Å². The number of carboxylic acids is 1. The Labute approximate surface area is 169 Å². The number of anilines is 1. The summed E-state index contributed by atoms with van der Waals surface area (Å²) in [7, 11) is 0. The second kappa shape index (κ2) is 8.66. The number of amides is 1. The number of hydrogen-bond donors (Lipinski definition) is 3. The van der Waals surface area contributed by atoms with Gasteiger partial charge in [-0.1, -0.05) is 6.07 Å². The predicted molar refractivity (Wildman–Crippen MR) is 99.0 cm³/mol. The van der Waals surface area contributed by atoms with Crippen LogP contribution in [0.25, 0.3) is 0 Å². The van der Waals surface area contributed by atoms with Gasteiger partial charge in [-0.15, -0.1) is 12.4 Å². The van der Waals surface area contributed by atoms with Gasteiger partial charge in [0.1, 0.15) is 11.4 Å². The standard InChI is InChI=1S/C18H16F3N3O4.ClH/c19-18(20,21)14-4-9(8-22)5-15(24-14)28-13-3-1-2-12-11(13)6-10(7-16(25)26)17(27)23-12;/h1-5,10H,6-8,22H2,(H,23,27)(H,25,26);1H. The van der Waals surface area contributed by atoms with Gasteiger partial charge < -0.3 is 20.9 Å². The molecule has 1 atom stereocenters. The lowest BCUT2D eigenvalue weighted by molar-refractivity contribution is -0.141. The second-order valence-corrected chi connectivity index (χ2v) is 6.27. The van der Waals surface area contributed by atoms with E-state index >= 15 is 0 Å². The zero-order valence-corrected chi connectivity index (χ0v) is 15.6. The molecule has 1 aromatic heterocycles. The highest BCUT2D eigenvalue weighted by Gasteiger charge is 2.34. The van der Waals surface area contributed by atoms with Crippen LogP contribution in [0.2, 0.25) is 0 Å². The molecule has 0 bridgehead atoms. The number of nitrogens with zero attached hydrogens (tertiary/aromatic N) is 1. The summed E-state index contributed by atoms with van der Waals surface area (Å²) in [5.74, 6) is -2.49. The highest BCUT2D eigenvalue weighted by molar-refractivity contribution is 5.97. The van der Waals surface area contributed by atoms with Gasteiger partial charge >= 0.3 is 12.1 Å². The second-order valence-electron chi connectivity index (χ2n) is 6.27. The van der Waals surface area contributed by atoms with Crippen molar-refractivity contribution in [1.29, 1.82) is 0 Å². The summed E-state index contributed by atoms with van der Waals surface area (Å²) in [5, 5.41) is 11.6. The Hall–Kier alpha value is -2.85. The number of rotatable bonds is 5. The number of carbonyl (C=O) groups is 2. The maximum Gasteiger partial charge on any atom is 0.433 e. The van der Waals surface area contributed by atoms with E-state index in [0.29, 0.717) is 11.3 Å². The topological polar surface area (TPSA) is 115 Å². The fourth-order valence-corrected chi connectivity index (χ4v) is 2.93. The van der Waals surface area contributed by atoms with E-state index in [0.717, 1.165) is 6.07 Å². The zero-order valence-electron chi connectivity index (χ0n) is 14.8. The lowest BCUT2D eigenvalue weighted by Crippen LogP contribution is -2.31. The molecule has 1 unspecified atom stereocenters. The molecule has 29 heavy (non-hydrogen) atoms. The van der Waals surface area contributed by atoms with E-state index in [-0.39, 0.29) is 49.0 Å². The Kier molecular flexibility index (Phi) is 6.70. The van der Waals surface area contributed by atoms with Gasteiger partial charge in [0.05, 0.1) is 12.3 Å². The minimum absolute atomic E-state index is 0. The highest BCUT2D eigenvalue weighted by Crippen LogP contribution is 2.37. The number of halogens is 4. The van der Waals surface area contributed by atoms with E-state index in [9.17, 15) is 22.8 Å². The van der Waals surface area contributed by atoms with Gasteiger partial charge in [-0.25, -0.2) is 4.98 Å². The third kappa shape index (κ3) is 5.15. The number of benzene rings is 1. The first kappa shape index (κ1) is 22.4. The number of ether oxygens (including phenoxy) is 1. The summed E-state index contributed by atoms with van der Waals surface area (Å²) >= 11 is 0. The minimum Gasteiger partial charge on any atom is -0.481 e. The lowest BCUT2D eigenvalue weighted by atomic mass is 9.90. The van der Waals surface area contributed by atoms with Crippen LogP contribution in [0.15, 0.2) is 30.3 Å². The summed E-state index contributed by atoms with van der Waals surface area (Å²) in [6, 6.07) is 6.81. The average molecular weight is 432 g/mol. The molecule has 1 aromatic carbocycles. The quantitative estimate of drug-likeness (QED) is 0.668. The van der Waals surface area contributed by atoms with Crippen molar-refractivity contribution in [1.82, 2.24) is 4.98 Å². The smallest absolute Gasteiger partial charge is 0.433 e.